The van der Waals surface area contributed by atoms with Gasteiger partial charge in [-0.3, -0.25) is 4.79 Å². The quantitative estimate of drug-likeness (QED) is 0.796. The number of anilines is 1. The molecule has 2 aliphatic rings. The molecule has 25 heavy (non-hydrogen) atoms. The van der Waals surface area contributed by atoms with Gasteiger partial charge in [0.1, 0.15) is 0 Å². The minimum Gasteiger partial charge on any atom is -0.352 e. The largest absolute Gasteiger partial charge is 0.352 e. The molecule has 0 saturated carbocycles. The predicted octanol–water partition coefficient (Wildman–Crippen LogP) is 2.78. The summed E-state index contributed by atoms with van der Waals surface area (Å²) in [4.78, 5) is 17.6. The van der Waals surface area contributed by atoms with E-state index in [0.717, 1.165) is 49.7 Å². The van der Waals surface area contributed by atoms with Crippen molar-refractivity contribution in [3.05, 3.63) is 45.8 Å². The van der Waals surface area contributed by atoms with Crippen LogP contribution in [0.4, 0.5) is 5.82 Å². The first-order valence-electron chi connectivity index (χ1n) is 8.90. The number of amides is 1. The van der Waals surface area contributed by atoms with E-state index in [9.17, 15) is 4.79 Å². The van der Waals surface area contributed by atoms with E-state index in [1.165, 1.54) is 24.1 Å². The van der Waals surface area contributed by atoms with Gasteiger partial charge < -0.3 is 9.80 Å². The maximum atomic E-state index is 12.3. The summed E-state index contributed by atoms with van der Waals surface area (Å²) in [6.45, 7) is 3.08. The molecule has 0 bridgehead atoms. The van der Waals surface area contributed by atoms with Crippen LogP contribution in [0.15, 0.2) is 29.7 Å². The zero-order chi connectivity index (χ0) is 17.1. The Bertz CT molecular complexity index is 764. The highest BCUT2D eigenvalue weighted by Gasteiger charge is 2.22. The molecule has 0 aromatic carbocycles. The van der Waals surface area contributed by atoms with Crippen LogP contribution in [0, 0.1) is 0 Å². The second kappa shape index (κ2) is 7.35. The Morgan fingerprint density at radius 1 is 1.12 bits per heavy atom. The number of fused-ring (bicyclic) bond motifs is 1. The highest BCUT2D eigenvalue weighted by atomic mass is 32.1. The highest BCUT2D eigenvalue weighted by Crippen LogP contribution is 2.23. The topological polar surface area (TPSA) is 49.3 Å². The summed E-state index contributed by atoms with van der Waals surface area (Å²) >= 11 is 1.64. The molecule has 1 aliphatic carbocycles. The molecular weight excluding hydrogens is 332 g/mol. The number of hydrogen-bond donors (Lipinski definition) is 0. The minimum atomic E-state index is 0.0876. The molecular formula is C19H22N4OS. The number of nitrogens with zero attached hydrogens (tertiary/aromatic N) is 4. The number of rotatable bonds is 3. The fourth-order valence-corrected chi connectivity index (χ4v) is 4.05. The lowest BCUT2D eigenvalue weighted by molar-refractivity contribution is -0.126. The van der Waals surface area contributed by atoms with Gasteiger partial charge in [-0.25, -0.2) is 0 Å². The smallest absolute Gasteiger partial charge is 0.246 e. The van der Waals surface area contributed by atoms with E-state index in [1.54, 1.807) is 17.4 Å². The molecule has 5 nitrogen and oxygen atoms in total. The van der Waals surface area contributed by atoms with E-state index in [1.807, 2.05) is 28.5 Å². The number of aromatic nitrogens is 2. The molecule has 6 heteroatoms. The molecule has 0 spiro atoms. The fourth-order valence-electron chi connectivity index (χ4n) is 3.43. The highest BCUT2D eigenvalue weighted by molar-refractivity contribution is 7.10. The molecule has 2 aromatic rings. The summed E-state index contributed by atoms with van der Waals surface area (Å²) in [6, 6.07) is 6.21. The molecule has 1 saturated heterocycles. The van der Waals surface area contributed by atoms with Crippen molar-refractivity contribution in [2.24, 2.45) is 0 Å². The van der Waals surface area contributed by atoms with Crippen molar-refractivity contribution in [3.8, 4) is 0 Å². The Balaban J connectivity index is 1.36. The van der Waals surface area contributed by atoms with Gasteiger partial charge in [-0.15, -0.1) is 16.4 Å². The third-order valence-electron chi connectivity index (χ3n) is 4.91. The van der Waals surface area contributed by atoms with E-state index < -0.39 is 0 Å². The average molecular weight is 354 g/mol. The van der Waals surface area contributed by atoms with Crippen molar-refractivity contribution >= 4 is 29.1 Å². The maximum absolute atomic E-state index is 12.3. The van der Waals surface area contributed by atoms with Crippen LogP contribution in [-0.2, 0) is 17.6 Å². The number of carbonyl (C=O) groups is 1. The van der Waals surface area contributed by atoms with Crippen LogP contribution in [0.2, 0.25) is 0 Å². The summed E-state index contributed by atoms with van der Waals surface area (Å²) in [6.07, 6.45) is 8.22. The van der Waals surface area contributed by atoms with Crippen LogP contribution in [-0.4, -0.2) is 47.2 Å². The first-order chi connectivity index (χ1) is 12.3. The number of aryl methyl sites for hydroxylation is 2. The SMILES string of the molecule is O=C(/C=C/c1cccs1)N1CCN(c2cc3c(nn2)CCCC3)CC1. The van der Waals surface area contributed by atoms with E-state index in [2.05, 4.69) is 21.2 Å². The van der Waals surface area contributed by atoms with Crippen LogP contribution >= 0.6 is 11.3 Å². The van der Waals surface area contributed by atoms with Crippen molar-refractivity contribution in [3.63, 3.8) is 0 Å². The van der Waals surface area contributed by atoms with Crippen molar-refractivity contribution < 1.29 is 4.79 Å². The standard InChI is InChI=1S/C19H22N4OS/c24-19(8-7-16-5-3-13-25-16)23-11-9-22(10-12-23)18-14-15-4-1-2-6-17(15)20-21-18/h3,5,7-8,13-14H,1-2,4,6,9-12H2/b8-7+. The molecule has 2 aromatic heterocycles. The summed E-state index contributed by atoms with van der Waals surface area (Å²) in [7, 11) is 0. The Labute approximate surface area is 152 Å². The van der Waals surface area contributed by atoms with Crippen LogP contribution in [0.25, 0.3) is 6.08 Å². The summed E-state index contributed by atoms with van der Waals surface area (Å²) < 4.78 is 0. The van der Waals surface area contributed by atoms with E-state index in [-0.39, 0.29) is 5.91 Å². The Hall–Kier alpha value is -2.21. The van der Waals surface area contributed by atoms with E-state index in [4.69, 9.17) is 0 Å². The fraction of sp³-hybridized carbons (Fsp3) is 0.421. The molecule has 0 atom stereocenters. The van der Waals surface area contributed by atoms with E-state index in [0.29, 0.717) is 0 Å². The van der Waals surface area contributed by atoms with Crippen LogP contribution in [0.5, 0.6) is 0 Å². The van der Waals surface area contributed by atoms with Gasteiger partial charge in [0.15, 0.2) is 5.82 Å². The molecule has 1 amide bonds. The summed E-state index contributed by atoms with van der Waals surface area (Å²) in [5.41, 5.74) is 2.52. The van der Waals surface area contributed by atoms with Gasteiger partial charge in [0.25, 0.3) is 0 Å². The number of piperazine rings is 1. The molecule has 0 N–H and O–H groups in total. The van der Waals surface area contributed by atoms with Gasteiger partial charge in [0, 0.05) is 37.1 Å². The third-order valence-corrected chi connectivity index (χ3v) is 5.74. The maximum Gasteiger partial charge on any atom is 0.246 e. The van der Waals surface area contributed by atoms with Crippen LogP contribution in [0.3, 0.4) is 0 Å². The first kappa shape index (κ1) is 16.3. The zero-order valence-corrected chi connectivity index (χ0v) is 15.0. The normalized spacial score (nSPS) is 17.8. The Morgan fingerprint density at radius 2 is 1.96 bits per heavy atom. The monoisotopic (exact) mass is 354 g/mol. The molecule has 3 heterocycles. The molecule has 1 aliphatic heterocycles. The van der Waals surface area contributed by atoms with Crippen molar-refractivity contribution in [1.29, 1.82) is 0 Å². The molecule has 0 radical (unpaired) electrons. The summed E-state index contributed by atoms with van der Waals surface area (Å²) in [5.74, 6) is 1.05. The van der Waals surface area contributed by atoms with Crippen LogP contribution < -0.4 is 4.90 Å². The van der Waals surface area contributed by atoms with Gasteiger partial charge in [-0.05, 0) is 54.8 Å². The lowest BCUT2D eigenvalue weighted by Gasteiger charge is -2.35. The lowest BCUT2D eigenvalue weighted by atomic mass is 9.97. The van der Waals surface area contributed by atoms with Gasteiger partial charge in [0.05, 0.1) is 5.69 Å². The van der Waals surface area contributed by atoms with Crippen LogP contribution in [0.1, 0.15) is 29.0 Å². The Morgan fingerprint density at radius 3 is 2.76 bits per heavy atom. The summed E-state index contributed by atoms with van der Waals surface area (Å²) in [5, 5.41) is 10.9. The Kier molecular flexibility index (Phi) is 4.78. The minimum absolute atomic E-state index is 0.0876. The van der Waals surface area contributed by atoms with Gasteiger partial charge in [0.2, 0.25) is 5.91 Å². The molecule has 130 valence electrons. The number of carbonyl (C=O) groups excluding carboxylic acids is 1. The third kappa shape index (κ3) is 3.74. The molecule has 0 unspecified atom stereocenters. The average Bonchev–Trinajstić information content (AvgIpc) is 3.19. The van der Waals surface area contributed by atoms with Gasteiger partial charge >= 0.3 is 0 Å². The molecule has 1 fully saturated rings. The van der Waals surface area contributed by atoms with Gasteiger partial charge in [-0.1, -0.05) is 6.07 Å². The second-order valence-corrected chi connectivity index (χ2v) is 7.52. The first-order valence-corrected chi connectivity index (χ1v) is 9.78. The number of thiophene rings is 1. The van der Waals surface area contributed by atoms with Crippen molar-refractivity contribution in [1.82, 2.24) is 15.1 Å². The number of hydrogen-bond acceptors (Lipinski definition) is 5. The van der Waals surface area contributed by atoms with Crippen molar-refractivity contribution in [2.45, 2.75) is 25.7 Å². The molecule has 4 rings (SSSR count). The lowest BCUT2D eigenvalue weighted by Crippen LogP contribution is -2.48. The zero-order valence-electron chi connectivity index (χ0n) is 14.2. The second-order valence-electron chi connectivity index (χ2n) is 6.54. The van der Waals surface area contributed by atoms with E-state index >= 15 is 0 Å². The predicted molar refractivity (Wildman–Crippen MR) is 101 cm³/mol. The van der Waals surface area contributed by atoms with Crippen molar-refractivity contribution in [2.75, 3.05) is 31.1 Å². The van der Waals surface area contributed by atoms with Gasteiger partial charge in [-0.2, -0.15) is 5.10 Å².